The Morgan fingerprint density at radius 2 is 1.87 bits per heavy atom. The summed E-state index contributed by atoms with van der Waals surface area (Å²) in [7, 11) is 0. The Bertz CT molecular complexity index is 1120. The summed E-state index contributed by atoms with van der Waals surface area (Å²) in [4.78, 5) is 8.61. The summed E-state index contributed by atoms with van der Waals surface area (Å²) in [5, 5.41) is 2.28. The number of hydrogen-bond donors (Lipinski definition) is 0. The molecule has 1 fully saturated rings. The molecule has 1 saturated carbocycles. The van der Waals surface area contributed by atoms with Crippen LogP contribution in [-0.4, -0.2) is 23.2 Å². The number of ether oxygens (including phenoxy) is 1. The minimum Gasteiger partial charge on any atom is -0.489 e. The molecule has 0 bridgehead atoms. The fraction of sp³-hybridized carbons (Fsp3) is 0.217. The molecule has 0 saturated heterocycles. The van der Waals surface area contributed by atoms with Crippen molar-refractivity contribution >= 4 is 18.2 Å². The number of anilines is 1. The number of halogens is 3. The first-order valence-electron chi connectivity index (χ1n) is 10.1. The lowest BCUT2D eigenvalue weighted by Gasteiger charge is -2.46. The normalized spacial score (nSPS) is 21.6. The van der Waals surface area contributed by atoms with E-state index in [9.17, 15) is 13.2 Å². The second kappa shape index (κ2) is 7.70. The van der Waals surface area contributed by atoms with Crippen LogP contribution in [0.15, 0.2) is 70.7 Å². The van der Waals surface area contributed by atoms with Gasteiger partial charge in [-0.1, -0.05) is 6.07 Å². The third-order valence-electron chi connectivity index (χ3n) is 5.76. The number of nitrogens with zero attached hydrogens (tertiary/aromatic N) is 4. The molecule has 8 heteroatoms. The van der Waals surface area contributed by atoms with E-state index in [0.717, 1.165) is 42.8 Å². The van der Waals surface area contributed by atoms with Gasteiger partial charge in [-0.2, -0.15) is 0 Å². The molecule has 1 aliphatic carbocycles. The molecule has 5 nitrogen and oxygen atoms in total. The SMILES string of the molecule is Fc1cc(COc2cccc(N(C3CCC3)[N+]34C=CN=CC3=CN=C4)c2)cc(F)c1F. The van der Waals surface area contributed by atoms with Crippen molar-refractivity contribution in [2.24, 2.45) is 9.98 Å². The van der Waals surface area contributed by atoms with Crippen molar-refractivity contribution in [2.45, 2.75) is 31.9 Å². The summed E-state index contributed by atoms with van der Waals surface area (Å²) in [5.74, 6) is -3.40. The molecule has 2 aromatic rings. The van der Waals surface area contributed by atoms with Crippen LogP contribution < -0.4 is 9.75 Å². The van der Waals surface area contributed by atoms with Gasteiger partial charge in [0, 0.05) is 6.07 Å². The molecule has 3 aliphatic rings. The molecule has 2 aliphatic heterocycles. The summed E-state index contributed by atoms with van der Waals surface area (Å²) in [6.07, 6.45) is 12.5. The fourth-order valence-corrected chi connectivity index (χ4v) is 4.01. The van der Waals surface area contributed by atoms with Gasteiger partial charge in [0.05, 0.1) is 30.3 Å². The summed E-state index contributed by atoms with van der Waals surface area (Å²) in [6, 6.07) is 9.75. The zero-order chi connectivity index (χ0) is 21.4. The van der Waals surface area contributed by atoms with Gasteiger partial charge in [-0.15, -0.1) is 4.59 Å². The monoisotopic (exact) mass is 425 g/mol. The van der Waals surface area contributed by atoms with Gasteiger partial charge in [-0.05, 0) is 49.1 Å². The fourth-order valence-electron chi connectivity index (χ4n) is 4.01. The maximum Gasteiger partial charge on any atom is 0.225 e. The molecule has 0 N–H and O–H groups in total. The topological polar surface area (TPSA) is 37.2 Å². The molecular formula is C23H20F3N4O+. The van der Waals surface area contributed by atoms with E-state index in [1.54, 1.807) is 24.7 Å². The Hall–Kier alpha value is -3.39. The summed E-state index contributed by atoms with van der Waals surface area (Å²) in [5.41, 5.74) is 2.09. The molecule has 0 spiro atoms. The van der Waals surface area contributed by atoms with Crippen molar-refractivity contribution in [3.63, 3.8) is 0 Å². The van der Waals surface area contributed by atoms with Gasteiger partial charge in [0.15, 0.2) is 23.7 Å². The first kappa shape index (κ1) is 19.6. The van der Waals surface area contributed by atoms with E-state index < -0.39 is 17.5 Å². The molecule has 1 unspecified atom stereocenters. The van der Waals surface area contributed by atoms with Crippen LogP contribution in [0.1, 0.15) is 24.8 Å². The largest absolute Gasteiger partial charge is 0.489 e. The standard InChI is InChI=1S/C23H20F3N4O/c24-21-9-16(10-22(25)23(21)26)14-31-20-6-2-5-18(11-20)29(17-3-1-4-17)30-8-7-27-12-19(30)13-28-15-30/h2,5-13,15,17H,1,3-4,14H2/q+1. The van der Waals surface area contributed by atoms with Crippen molar-refractivity contribution in [3.8, 4) is 5.75 Å². The molecule has 0 aromatic heterocycles. The van der Waals surface area contributed by atoms with Crippen LogP contribution in [0.2, 0.25) is 0 Å². The van der Waals surface area contributed by atoms with E-state index in [0.29, 0.717) is 16.4 Å². The molecule has 0 radical (unpaired) electrons. The van der Waals surface area contributed by atoms with Gasteiger partial charge in [-0.3, -0.25) is 4.99 Å². The van der Waals surface area contributed by atoms with Gasteiger partial charge in [-0.25, -0.2) is 23.2 Å². The van der Waals surface area contributed by atoms with Crippen LogP contribution >= 0.6 is 0 Å². The van der Waals surface area contributed by atoms with E-state index in [4.69, 9.17) is 4.74 Å². The van der Waals surface area contributed by atoms with E-state index in [1.807, 2.05) is 30.7 Å². The first-order valence-corrected chi connectivity index (χ1v) is 10.1. The number of quaternary nitrogens is 1. The van der Waals surface area contributed by atoms with Crippen LogP contribution in [0.5, 0.6) is 5.75 Å². The smallest absolute Gasteiger partial charge is 0.225 e. The molecule has 2 heterocycles. The van der Waals surface area contributed by atoms with Crippen molar-refractivity contribution in [3.05, 3.63) is 83.7 Å². The van der Waals surface area contributed by atoms with Crippen molar-refractivity contribution < 1.29 is 22.5 Å². The minimum atomic E-state index is -1.48. The zero-order valence-electron chi connectivity index (χ0n) is 16.6. The Balaban J connectivity index is 1.43. The molecule has 1 atom stereocenters. The van der Waals surface area contributed by atoms with E-state index in [-0.39, 0.29) is 12.2 Å². The quantitative estimate of drug-likeness (QED) is 0.471. The predicted molar refractivity (Wildman–Crippen MR) is 112 cm³/mol. The third-order valence-corrected chi connectivity index (χ3v) is 5.76. The molecule has 0 amide bonds. The van der Waals surface area contributed by atoms with Crippen molar-refractivity contribution in [1.82, 2.24) is 0 Å². The maximum atomic E-state index is 13.5. The molecule has 2 aromatic carbocycles. The minimum absolute atomic E-state index is 0.0832. The van der Waals surface area contributed by atoms with Crippen LogP contribution in [0.4, 0.5) is 18.9 Å². The lowest BCUT2D eigenvalue weighted by atomic mass is 9.91. The highest BCUT2D eigenvalue weighted by Crippen LogP contribution is 2.40. The highest BCUT2D eigenvalue weighted by atomic mass is 19.2. The number of fused-ring (bicyclic) bond motifs is 1. The highest BCUT2D eigenvalue weighted by Gasteiger charge is 2.46. The van der Waals surface area contributed by atoms with Crippen LogP contribution in [0.25, 0.3) is 0 Å². The highest BCUT2D eigenvalue weighted by molar-refractivity contribution is 5.82. The third kappa shape index (κ3) is 3.42. The molecule has 5 rings (SSSR count). The van der Waals surface area contributed by atoms with Gasteiger partial charge in [0.1, 0.15) is 12.4 Å². The first-order chi connectivity index (χ1) is 15.1. The number of allylic oxidation sites excluding steroid dienone is 1. The van der Waals surface area contributed by atoms with Crippen LogP contribution in [0.3, 0.4) is 0 Å². The predicted octanol–water partition coefficient (Wildman–Crippen LogP) is 5.21. The maximum absolute atomic E-state index is 13.5. The Labute approximate surface area is 177 Å². The average Bonchev–Trinajstić information content (AvgIpc) is 3.17. The van der Waals surface area contributed by atoms with Gasteiger partial charge < -0.3 is 4.74 Å². The number of rotatable bonds is 6. The number of benzene rings is 2. The zero-order valence-corrected chi connectivity index (χ0v) is 16.6. The lowest BCUT2D eigenvalue weighted by molar-refractivity contribution is -0.746. The van der Waals surface area contributed by atoms with E-state index in [1.165, 1.54) is 0 Å². The number of aliphatic imine (C=N–C) groups is 2. The number of hydrogen-bond acceptors (Lipinski definition) is 4. The summed E-state index contributed by atoms with van der Waals surface area (Å²) >= 11 is 0. The second-order valence-corrected chi connectivity index (χ2v) is 7.72. The lowest BCUT2D eigenvalue weighted by Crippen LogP contribution is -2.61. The Morgan fingerprint density at radius 3 is 2.61 bits per heavy atom. The van der Waals surface area contributed by atoms with Gasteiger partial charge in [0.25, 0.3) is 0 Å². The molecule has 31 heavy (non-hydrogen) atoms. The Morgan fingerprint density at radius 1 is 1.06 bits per heavy atom. The van der Waals surface area contributed by atoms with Gasteiger partial charge >= 0.3 is 0 Å². The molecule has 158 valence electrons. The average molecular weight is 425 g/mol. The van der Waals surface area contributed by atoms with Crippen molar-refractivity contribution in [2.75, 3.05) is 5.01 Å². The summed E-state index contributed by atoms with van der Waals surface area (Å²) in [6.45, 7) is -0.0832. The van der Waals surface area contributed by atoms with Crippen LogP contribution in [-0.2, 0) is 6.61 Å². The van der Waals surface area contributed by atoms with E-state index >= 15 is 0 Å². The van der Waals surface area contributed by atoms with E-state index in [2.05, 4.69) is 15.0 Å². The Kier molecular flexibility index (Phi) is 4.86. The summed E-state index contributed by atoms with van der Waals surface area (Å²) < 4.78 is 46.3. The molecular weight excluding hydrogens is 405 g/mol. The van der Waals surface area contributed by atoms with Crippen LogP contribution in [0, 0.1) is 17.5 Å². The van der Waals surface area contributed by atoms with Crippen molar-refractivity contribution in [1.29, 1.82) is 0 Å². The second-order valence-electron chi connectivity index (χ2n) is 7.72. The van der Waals surface area contributed by atoms with Gasteiger partial charge in [0.2, 0.25) is 12.0 Å².